The Hall–Kier alpha value is -1.91. The fraction of sp³-hybridized carbons (Fsp3) is 0.462. The zero-order valence-corrected chi connectivity index (χ0v) is 10.1. The predicted octanol–water partition coefficient (Wildman–Crippen LogP) is 1.64. The van der Waals surface area contributed by atoms with Gasteiger partial charge in [0, 0.05) is 30.8 Å². The van der Waals surface area contributed by atoms with Crippen molar-refractivity contribution in [2.75, 3.05) is 11.4 Å². The van der Waals surface area contributed by atoms with Crippen molar-refractivity contribution < 1.29 is 0 Å². The zero-order valence-electron chi connectivity index (χ0n) is 10.1. The SMILES string of the molecule is c1cc(C2CC2)nc(N2CCc3nc[nH]c3C2)n1. The number of nitrogens with one attached hydrogen (secondary N) is 1. The molecule has 1 fully saturated rings. The van der Waals surface area contributed by atoms with Crippen LogP contribution < -0.4 is 4.90 Å². The van der Waals surface area contributed by atoms with Gasteiger partial charge >= 0.3 is 0 Å². The lowest BCUT2D eigenvalue weighted by Gasteiger charge is -2.26. The van der Waals surface area contributed by atoms with E-state index in [9.17, 15) is 0 Å². The molecular weight excluding hydrogens is 226 g/mol. The fourth-order valence-electron chi connectivity index (χ4n) is 2.50. The van der Waals surface area contributed by atoms with Crippen molar-refractivity contribution in [2.24, 2.45) is 0 Å². The molecule has 1 N–H and O–H groups in total. The van der Waals surface area contributed by atoms with Crippen LogP contribution in [0.25, 0.3) is 0 Å². The highest BCUT2D eigenvalue weighted by Crippen LogP contribution is 2.39. The van der Waals surface area contributed by atoms with E-state index in [1.54, 1.807) is 6.33 Å². The smallest absolute Gasteiger partial charge is 0.225 e. The first kappa shape index (κ1) is 10.1. The molecule has 1 saturated carbocycles. The van der Waals surface area contributed by atoms with Gasteiger partial charge in [-0.2, -0.15) is 0 Å². The molecule has 5 heteroatoms. The minimum absolute atomic E-state index is 0.680. The normalized spacial score (nSPS) is 18.8. The Balaban J connectivity index is 1.62. The monoisotopic (exact) mass is 241 g/mol. The Labute approximate surface area is 105 Å². The second-order valence-electron chi connectivity index (χ2n) is 5.06. The Morgan fingerprint density at radius 3 is 3.11 bits per heavy atom. The lowest BCUT2D eigenvalue weighted by Crippen LogP contribution is -2.32. The molecule has 0 aromatic carbocycles. The molecule has 3 heterocycles. The molecule has 1 aliphatic heterocycles. The molecule has 0 saturated heterocycles. The summed E-state index contributed by atoms with van der Waals surface area (Å²) in [4.78, 5) is 18.9. The summed E-state index contributed by atoms with van der Waals surface area (Å²) in [6, 6.07) is 2.05. The highest BCUT2D eigenvalue weighted by atomic mass is 15.3. The topological polar surface area (TPSA) is 57.7 Å². The molecule has 0 radical (unpaired) electrons. The number of rotatable bonds is 2. The van der Waals surface area contributed by atoms with Crippen LogP contribution >= 0.6 is 0 Å². The van der Waals surface area contributed by atoms with Crippen LogP contribution in [-0.2, 0) is 13.0 Å². The Morgan fingerprint density at radius 2 is 2.22 bits per heavy atom. The third-order valence-corrected chi connectivity index (χ3v) is 3.72. The van der Waals surface area contributed by atoms with Crippen LogP contribution in [0.1, 0.15) is 35.8 Å². The first-order chi connectivity index (χ1) is 8.90. The zero-order chi connectivity index (χ0) is 11.9. The first-order valence-electron chi connectivity index (χ1n) is 6.49. The molecule has 5 nitrogen and oxygen atoms in total. The van der Waals surface area contributed by atoms with E-state index in [4.69, 9.17) is 4.98 Å². The number of fused-ring (bicyclic) bond motifs is 1. The van der Waals surface area contributed by atoms with Gasteiger partial charge in [-0.1, -0.05) is 0 Å². The second-order valence-corrected chi connectivity index (χ2v) is 5.06. The maximum Gasteiger partial charge on any atom is 0.225 e. The van der Waals surface area contributed by atoms with Gasteiger partial charge in [-0.15, -0.1) is 0 Å². The predicted molar refractivity (Wildman–Crippen MR) is 67.3 cm³/mol. The van der Waals surface area contributed by atoms with Gasteiger partial charge in [-0.05, 0) is 18.9 Å². The average Bonchev–Trinajstić information content (AvgIpc) is 3.17. The average molecular weight is 241 g/mol. The van der Waals surface area contributed by atoms with Crippen molar-refractivity contribution in [1.29, 1.82) is 0 Å². The summed E-state index contributed by atoms with van der Waals surface area (Å²) in [5.41, 5.74) is 3.58. The molecule has 0 amide bonds. The van der Waals surface area contributed by atoms with E-state index in [-0.39, 0.29) is 0 Å². The minimum atomic E-state index is 0.680. The van der Waals surface area contributed by atoms with E-state index in [1.165, 1.54) is 29.9 Å². The minimum Gasteiger partial charge on any atom is -0.347 e. The van der Waals surface area contributed by atoms with Gasteiger partial charge in [0.05, 0.1) is 24.3 Å². The third kappa shape index (κ3) is 1.66. The number of imidazole rings is 1. The summed E-state index contributed by atoms with van der Waals surface area (Å²) >= 11 is 0. The van der Waals surface area contributed by atoms with Gasteiger partial charge in [0.1, 0.15) is 0 Å². The van der Waals surface area contributed by atoms with Crippen molar-refractivity contribution in [1.82, 2.24) is 19.9 Å². The number of hydrogen-bond donors (Lipinski definition) is 1. The van der Waals surface area contributed by atoms with E-state index in [0.717, 1.165) is 25.5 Å². The van der Waals surface area contributed by atoms with Gasteiger partial charge in [-0.25, -0.2) is 15.0 Å². The van der Waals surface area contributed by atoms with Gasteiger partial charge < -0.3 is 9.88 Å². The number of H-pyrrole nitrogens is 1. The first-order valence-corrected chi connectivity index (χ1v) is 6.49. The summed E-state index contributed by atoms with van der Waals surface area (Å²) in [5.74, 6) is 1.54. The van der Waals surface area contributed by atoms with E-state index in [2.05, 4.69) is 19.9 Å². The van der Waals surface area contributed by atoms with Crippen molar-refractivity contribution in [3.63, 3.8) is 0 Å². The van der Waals surface area contributed by atoms with Crippen LogP contribution in [0.3, 0.4) is 0 Å². The molecule has 2 aromatic rings. The van der Waals surface area contributed by atoms with Gasteiger partial charge in [0.15, 0.2) is 0 Å². The molecule has 2 aromatic heterocycles. The maximum absolute atomic E-state index is 4.70. The molecule has 0 atom stereocenters. The Kier molecular flexibility index (Phi) is 2.12. The highest BCUT2D eigenvalue weighted by molar-refractivity contribution is 5.36. The van der Waals surface area contributed by atoms with Gasteiger partial charge in [0.25, 0.3) is 0 Å². The standard InChI is InChI=1S/C13H15N5/c1-2-9(1)10-3-5-14-13(17-10)18-6-4-11-12(7-18)16-8-15-11/h3,5,8-9H,1-2,4,6-7H2,(H,15,16). The maximum atomic E-state index is 4.70. The number of nitrogens with zero attached hydrogens (tertiary/aromatic N) is 4. The molecule has 4 rings (SSSR count). The molecule has 0 unspecified atom stereocenters. The summed E-state index contributed by atoms with van der Waals surface area (Å²) in [7, 11) is 0. The summed E-state index contributed by atoms with van der Waals surface area (Å²) in [6.07, 6.45) is 7.19. The van der Waals surface area contributed by atoms with E-state index < -0.39 is 0 Å². The molecule has 0 bridgehead atoms. The number of aromatic amines is 1. The molecule has 92 valence electrons. The Morgan fingerprint density at radius 1 is 1.28 bits per heavy atom. The molecule has 18 heavy (non-hydrogen) atoms. The lowest BCUT2D eigenvalue weighted by atomic mass is 10.1. The van der Waals surface area contributed by atoms with Crippen LogP contribution in [0, 0.1) is 0 Å². The van der Waals surface area contributed by atoms with Crippen LogP contribution in [0.15, 0.2) is 18.6 Å². The number of aromatic nitrogens is 4. The van der Waals surface area contributed by atoms with Gasteiger partial charge in [-0.3, -0.25) is 0 Å². The van der Waals surface area contributed by atoms with Crippen LogP contribution in [0.5, 0.6) is 0 Å². The second kappa shape index (κ2) is 3.80. The van der Waals surface area contributed by atoms with E-state index in [0.29, 0.717) is 5.92 Å². The molecule has 1 aliphatic carbocycles. The van der Waals surface area contributed by atoms with Crippen molar-refractivity contribution in [2.45, 2.75) is 31.7 Å². The van der Waals surface area contributed by atoms with Crippen molar-refractivity contribution in [3.05, 3.63) is 35.7 Å². The largest absolute Gasteiger partial charge is 0.347 e. The summed E-state index contributed by atoms with van der Waals surface area (Å²) in [5, 5.41) is 0. The van der Waals surface area contributed by atoms with Crippen LogP contribution in [-0.4, -0.2) is 26.5 Å². The Bertz CT molecular complexity index is 572. The van der Waals surface area contributed by atoms with Crippen molar-refractivity contribution >= 4 is 5.95 Å². The van der Waals surface area contributed by atoms with Crippen molar-refractivity contribution in [3.8, 4) is 0 Å². The number of anilines is 1. The van der Waals surface area contributed by atoms with E-state index >= 15 is 0 Å². The van der Waals surface area contributed by atoms with Crippen LogP contribution in [0.2, 0.25) is 0 Å². The van der Waals surface area contributed by atoms with E-state index in [1.807, 2.05) is 12.3 Å². The molecular formula is C13H15N5. The molecule has 2 aliphatic rings. The van der Waals surface area contributed by atoms with Gasteiger partial charge in [0.2, 0.25) is 5.95 Å². The quantitative estimate of drug-likeness (QED) is 0.868. The molecule has 0 spiro atoms. The van der Waals surface area contributed by atoms with Crippen LogP contribution in [0.4, 0.5) is 5.95 Å². The fourth-order valence-corrected chi connectivity index (χ4v) is 2.50. The summed E-state index contributed by atoms with van der Waals surface area (Å²) in [6.45, 7) is 1.79. The summed E-state index contributed by atoms with van der Waals surface area (Å²) < 4.78 is 0. The highest BCUT2D eigenvalue weighted by Gasteiger charge is 2.26. The third-order valence-electron chi connectivity index (χ3n) is 3.72. The number of hydrogen-bond acceptors (Lipinski definition) is 4. The lowest BCUT2D eigenvalue weighted by molar-refractivity contribution is 0.686.